The first-order valence-electron chi connectivity index (χ1n) is 7.74. The molecule has 0 spiro atoms. The van der Waals surface area contributed by atoms with Gasteiger partial charge in [0.15, 0.2) is 5.69 Å². The van der Waals surface area contributed by atoms with Crippen LogP contribution in [0.1, 0.15) is 44.7 Å². The first kappa shape index (κ1) is 18.1. The van der Waals surface area contributed by atoms with Crippen LogP contribution in [0.15, 0.2) is 18.2 Å². The molecule has 1 aromatic carbocycles. The van der Waals surface area contributed by atoms with Crippen molar-refractivity contribution < 1.29 is 9.53 Å². The third-order valence-corrected chi connectivity index (χ3v) is 3.74. The van der Waals surface area contributed by atoms with Gasteiger partial charge in [0, 0.05) is 11.1 Å². The van der Waals surface area contributed by atoms with Gasteiger partial charge < -0.3 is 4.74 Å². The fraction of sp³-hybridized carbons (Fsp3) is 0.588. The summed E-state index contributed by atoms with van der Waals surface area (Å²) in [5.74, 6) is -0.137. The molecule has 0 aromatic heterocycles. The molecule has 117 valence electrons. The van der Waals surface area contributed by atoms with Gasteiger partial charge in [-0.2, -0.15) is 0 Å². The molecule has 0 aliphatic rings. The summed E-state index contributed by atoms with van der Waals surface area (Å²) < 4.78 is 5.66. The molecular formula is C17H26ClNO2+. The molecule has 0 aliphatic carbocycles. The Labute approximate surface area is 133 Å². The topological polar surface area (TPSA) is 32.2 Å². The van der Waals surface area contributed by atoms with Crippen molar-refractivity contribution in [2.45, 2.75) is 46.5 Å². The molecule has 0 saturated carbocycles. The monoisotopic (exact) mass is 311 g/mol. The molecule has 4 heteroatoms. The van der Waals surface area contributed by atoms with E-state index in [1.165, 1.54) is 0 Å². The molecule has 0 heterocycles. The number of nitrogens with zero attached hydrogens (tertiary/aromatic N) is 1. The van der Waals surface area contributed by atoms with Crippen LogP contribution in [0, 0.1) is 0 Å². The quantitative estimate of drug-likeness (QED) is 0.297. The Hall–Kier alpha value is -0.900. The number of carbonyl (C=O) groups excluding carboxylic acids is 1. The van der Waals surface area contributed by atoms with Crippen molar-refractivity contribution in [3.05, 3.63) is 29.3 Å². The Morgan fingerprint density at radius 1 is 1.19 bits per heavy atom. The summed E-state index contributed by atoms with van der Waals surface area (Å²) in [6, 6.07) is 6.17. The van der Waals surface area contributed by atoms with Gasteiger partial charge >= 0.3 is 5.91 Å². The van der Waals surface area contributed by atoms with E-state index >= 15 is 0 Å². The molecule has 0 atom stereocenters. The first-order valence-corrected chi connectivity index (χ1v) is 8.27. The van der Waals surface area contributed by atoms with Crippen LogP contribution in [0.2, 0.25) is 0 Å². The molecule has 0 saturated heterocycles. The maximum Gasteiger partial charge on any atom is 0.383 e. The number of hydrogen-bond donors (Lipinski definition) is 0. The van der Waals surface area contributed by atoms with Crippen molar-refractivity contribution in [2.75, 3.05) is 19.2 Å². The zero-order valence-electron chi connectivity index (χ0n) is 13.3. The highest BCUT2D eigenvalue weighted by atomic mass is 35.5. The third-order valence-electron chi connectivity index (χ3n) is 3.51. The zero-order valence-corrected chi connectivity index (χ0v) is 14.1. The van der Waals surface area contributed by atoms with Crippen molar-refractivity contribution in [2.24, 2.45) is 0 Å². The highest BCUT2D eigenvalue weighted by molar-refractivity contribution is 6.28. The average Bonchev–Trinajstić information content (AvgIpc) is 2.53. The molecule has 1 radical (unpaired) electrons. The summed E-state index contributed by atoms with van der Waals surface area (Å²) in [4.78, 5) is 13.9. The van der Waals surface area contributed by atoms with E-state index in [0.29, 0.717) is 6.61 Å². The summed E-state index contributed by atoms with van der Waals surface area (Å²) >= 11 is 5.78. The van der Waals surface area contributed by atoms with Crippen molar-refractivity contribution >= 4 is 23.2 Å². The van der Waals surface area contributed by atoms with Gasteiger partial charge in [0.25, 0.3) is 0 Å². The molecule has 0 bridgehead atoms. The van der Waals surface area contributed by atoms with Gasteiger partial charge in [-0.25, -0.2) is 4.79 Å². The Morgan fingerprint density at radius 3 is 2.29 bits per heavy atom. The van der Waals surface area contributed by atoms with Gasteiger partial charge in [0.2, 0.25) is 6.73 Å². The van der Waals surface area contributed by atoms with Crippen LogP contribution < -0.4 is 4.90 Å². The third kappa shape index (κ3) is 5.10. The van der Waals surface area contributed by atoms with E-state index in [-0.39, 0.29) is 18.5 Å². The molecule has 0 N–H and O–H groups in total. The minimum atomic E-state index is -0.108. The Balaban J connectivity index is 3.04. The van der Waals surface area contributed by atoms with Gasteiger partial charge in [-0.05, 0) is 24.2 Å². The molecule has 1 amide bonds. The van der Waals surface area contributed by atoms with E-state index in [2.05, 4.69) is 32.9 Å². The molecule has 1 rings (SSSR count). The van der Waals surface area contributed by atoms with Crippen LogP contribution >= 0.6 is 11.6 Å². The fourth-order valence-corrected chi connectivity index (χ4v) is 2.44. The number of amides is 1. The largest absolute Gasteiger partial charge is 0.383 e. The maximum absolute atomic E-state index is 12.2. The van der Waals surface area contributed by atoms with E-state index in [9.17, 15) is 4.79 Å². The van der Waals surface area contributed by atoms with Gasteiger partial charge in [-0.15, -0.1) is 11.6 Å². The van der Waals surface area contributed by atoms with Crippen LogP contribution in [-0.2, 0) is 22.4 Å². The number of hydrogen-bond acceptors (Lipinski definition) is 2. The highest BCUT2D eigenvalue weighted by Gasteiger charge is 2.32. The van der Waals surface area contributed by atoms with Gasteiger partial charge in [0.05, 0.1) is 6.61 Å². The van der Waals surface area contributed by atoms with Gasteiger partial charge in [-0.1, -0.05) is 45.4 Å². The number of unbranched alkanes of at least 4 members (excludes halogenated alkanes) is 1. The summed E-state index contributed by atoms with van der Waals surface area (Å²) in [5.41, 5.74) is 3.29. The number of halogens is 1. The number of ether oxygens (including phenoxy) is 1. The van der Waals surface area contributed by atoms with Crippen LogP contribution in [0.5, 0.6) is 0 Å². The molecule has 1 aromatic rings. The zero-order chi connectivity index (χ0) is 15.7. The second kappa shape index (κ2) is 9.93. The SMILES string of the molecule is CCCCOC[N+](C(=O)CCl)c1c(CC)cccc1CC. The van der Waals surface area contributed by atoms with E-state index < -0.39 is 0 Å². The first-order chi connectivity index (χ1) is 10.2. The number of para-hydroxylation sites is 1. The number of alkyl halides is 1. The normalized spacial score (nSPS) is 11.1. The van der Waals surface area contributed by atoms with Crippen LogP contribution in [-0.4, -0.2) is 25.1 Å². The number of carbonyl (C=O) groups is 1. The number of benzene rings is 1. The summed E-state index contributed by atoms with van der Waals surface area (Å²) in [6.07, 6.45) is 3.84. The number of anilines is 1. The van der Waals surface area contributed by atoms with E-state index in [0.717, 1.165) is 42.5 Å². The summed E-state index contributed by atoms with van der Waals surface area (Å²) in [7, 11) is 0. The highest BCUT2D eigenvalue weighted by Crippen LogP contribution is 2.27. The van der Waals surface area contributed by atoms with Gasteiger partial charge in [-0.3, -0.25) is 0 Å². The minimum Gasteiger partial charge on any atom is -0.327 e. The lowest BCUT2D eigenvalue weighted by molar-refractivity contribution is -0.124. The lowest BCUT2D eigenvalue weighted by Crippen LogP contribution is -2.37. The van der Waals surface area contributed by atoms with E-state index in [1.54, 1.807) is 4.90 Å². The lowest BCUT2D eigenvalue weighted by atomic mass is 10.0. The smallest absolute Gasteiger partial charge is 0.327 e. The minimum absolute atomic E-state index is 0.0294. The van der Waals surface area contributed by atoms with Crippen LogP contribution in [0.3, 0.4) is 0 Å². The molecule has 21 heavy (non-hydrogen) atoms. The number of aryl methyl sites for hydroxylation is 2. The van der Waals surface area contributed by atoms with Gasteiger partial charge in [0.1, 0.15) is 5.88 Å². The maximum atomic E-state index is 12.2. The fourth-order valence-electron chi connectivity index (χ4n) is 2.30. The number of rotatable bonds is 9. The molecule has 0 unspecified atom stereocenters. The van der Waals surface area contributed by atoms with Crippen LogP contribution in [0.25, 0.3) is 0 Å². The second-order valence-corrected chi connectivity index (χ2v) is 5.25. The predicted octanol–water partition coefficient (Wildman–Crippen LogP) is 4.12. The average molecular weight is 312 g/mol. The Kier molecular flexibility index (Phi) is 8.58. The van der Waals surface area contributed by atoms with E-state index in [1.807, 2.05) is 6.07 Å². The molecular weight excluding hydrogens is 286 g/mol. The summed E-state index contributed by atoms with van der Waals surface area (Å²) in [6.45, 7) is 7.25. The van der Waals surface area contributed by atoms with Crippen molar-refractivity contribution in [3.8, 4) is 0 Å². The Morgan fingerprint density at radius 2 is 1.81 bits per heavy atom. The second-order valence-electron chi connectivity index (χ2n) is 4.98. The van der Waals surface area contributed by atoms with Crippen molar-refractivity contribution in [1.82, 2.24) is 4.90 Å². The van der Waals surface area contributed by atoms with Crippen molar-refractivity contribution in [1.29, 1.82) is 0 Å². The summed E-state index contributed by atoms with van der Waals surface area (Å²) in [5, 5.41) is 0. The molecule has 0 aliphatic heterocycles. The molecule has 0 fully saturated rings. The molecule has 3 nitrogen and oxygen atoms in total. The Bertz CT molecular complexity index is 426. The lowest BCUT2D eigenvalue weighted by Gasteiger charge is -2.15. The predicted molar refractivity (Wildman–Crippen MR) is 88.4 cm³/mol. The van der Waals surface area contributed by atoms with Crippen molar-refractivity contribution in [3.63, 3.8) is 0 Å². The standard InChI is InChI=1S/C17H26ClNO2/c1-4-7-11-21-13-19(16(20)12-18)17-14(5-2)9-8-10-15(17)6-3/h8-10H,4-7,11-13H2,1-3H3/q+1. The van der Waals surface area contributed by atoms with Crippen LogP contribution in [0.4, 0.5) is 5.69 Å². The van der Waals surface area contributed by atoms with E-state index in [4.69, 9.17) is 16.3 Å².